The molecule has 0 radical (unpaired) electrons. The third kappa shape index (κ3) is 7.83. The quantitative estimate of drug-likeness (QED) is 0.0954. The number of fused-ring (bicyclic) bond motifs is 9. The standard InChI is InChI=1S/C75H50N6OSi/c1-5-25-52(26-6-1)79(53-27-7-2-8-28-53)69-42-21-16-38-63(69)74-76-73(77-75(78-74)81-68-41-20-15-36-61(68)64-49-54(44-46-70(64)81)80-66-39-18-13-34-59(66)60-35-14-19-40-67(60)80)51-24-23-33-57(48-51)83(55-29-9-3-10-30-55,56-31-11-4-12-32-56)58-45-47-72-65(50-58)62-37-17-22-43-71(62)82-72/h1-50H/i1D,2D,3D,5D,6D,7D,8D,9D,10D,13D,14D,15D,16D,18D,19D,20D,21D,23D,24D,25D,27D,29D,30D,33D,34D,35D,36D,38D,39D,40D,41D,42D,44D,46D,48D,49D. The molecular formula is C75H50N6OSi. The molecule has 12 aromatic carbocycles. The van der Waals surface area contributed by atoms with Crippen LogP contribution in [0, 0.1) is 0 Å². The molecule has 0 fully saturated rings. The molecule has 16 aromatic rings. The fraction of sp³-hybridized carbons (Fsp3) is 0. The molecule has 7 nitrogen and oxygen atoms in total. The minimum absolute atomic E-state index is 0.0481. The number of aromatic nitrogens is 5. The molecule has 16 rings (SSSR count). The molecule has 390 valence electrons. The number of furan rings is 1. The average Bonchev–Trinajstić information content (AvgIpc) is 1.55. The first kappa shape index (κ1) is 24.0. The van der Waals surface area contributed by atoms with Crippen LogP contribution in [0.4, 0.5) is 17.1 Å². The molecule has 0 aliphatic carbocycles. The minimum atomic E-state index is -5.34. The lowest BCUT2D eigenvalue weighted by Gasteiger charge is -2.34. The molecule has 0 N–H and O–H groups in total. The van der Waals surface area contributed by atoms with Gasteiger partial charge in [0.05, 0.1) is 77.1 Å². The van der Waals surface area contributed by atoms with E-state index < -0.39 is 331 Å². The molecule has 83 heavy (non-hydrogen) atoms. The summed E-state index contributed by atoms with van der Waals surface area (Å²) in [6.07, 6.45) is 0. The highest BCUT2D eigenvalue weighted by molar-refractivity contribution is 7.20. The Morgan fingerprint density at radius 2 is 0.964 bits per heavy atom. The summed E-state index contributed by atoms with van der Waals surface area (Å²) in [6, 6.07) is -15.4. The smallest absolute Gasteiger partial charge is 0.238 e. The van der Waals surface area contributed by atoms with Crippen LogP contribution in [0.2, 0.25) is 0 Å². The van der Waals surface area contributed by atoms with Gasteiger partial charge in [-0.1, -0.05) is 218 Å². The van der Waals surface area contributed by atoms with E-state index in [9.17, 15) is 34.3 Å². The van der Waals surface area contributed by atoms with E-state index in [2.05, 4.69) is 0 Å². The second-order valence-electron chi connectivity index (χ2n) is 18.4. The molecule has 8 heteroatoms. The molecule has 0 amide bonds. The van der Waals surface area contributed by atoms with Crippen LogP contribution in [-0.2, 0) is 0 Å². The van der Waals surface area contributed by atoms with Crippen molar-refractivity contribution >= 4 is 111 Å². The highest BCUT2D eigenvalue weighted by Crippen LogP contribution is 2.42. The van der Waals surface area contributed by atoms with Gasteiger partial charge in [0.2, 0.25) is 5.95 Å². The van der Waals surface area contributed by atoms with Gasteiger partial charge in [-0.3, -0.25) is 4.57 Å². The molecular weight excluding hydrogens is 1030 g/mol. The fourth-order valence-electron chi connectivity index (χ4n) is 10.5. The average molecular weight is 1120 g/mol. The zero-order valence-electron chi connectivity index (χ0n) is 78.2. The summed E-state index contributed by atoms with van der Waals surface area (Å²) < 4.78 is 349. The highest BCUT2D eigenvalue weighted by atomic mass is 28.3. The normalized spacial score (nSPS) is 18.5. The van der Waals surface area contributed by atoms with Crippen LogP contribution in [-0.4, -0.2) is 32.2 Å². The highest BCUT2D eigenvalue weighted by Gasteiger charge is 2.42. The first-order valence-corrected chi connectivity index (χ1v) is 27.1. The van der Waals surface area contributed by atoms with Gasteiger partial charge in [0.1, 0.15) is 11.2 Å². The van der Waals surface area contributed by atoms with Gasteiger partial charge in [0.15, 0.2) is 19.7 Å². The lowest BCUT2D eigenvalue weighted by molar-refractivity contribution is 0.669. The Morgan fingerprint density at radius 1 is 0.373 bits per heavy atom. The van der Waals surface area contributed by atoms with Gasteiger partial charge in [-0.2, -0.15) is 9.97 Å². The summed E-state index contributed by atoms with van der Waals surface area (Å²) in [6.45, 7) is 0. The van der Waals surface area contributed by atoms with Crippen molar-refractivity contribution < 1.29 is 53.8 Å². The Morgan fingerprint density at radius 3 is 1.72 bits per heavy atom. The molecule has 0 spiro atoms. The molecule has 0 aliphatic heterocycles. The molecule has 0 aliphatic rings. The van der Waals surface area contributed by atoms with Gasteiger partial charge in [-0.25, -0.2) is 4.98 Å². The predicted octanol–water partition coefficient (Wildman–Crippen LogP) is 16.1. The Kier molecular flexibility index (Phi) is 5.71. The van der Waals surface area contributed by atoms with E-state index in [0.29, 0.717) is 25.8 Å². The van der Waals surface area contributed by atoms with Crippen molar-refractivity contribution in [2.24, 2.45) is 0 Å². The van der Waals surface area contributed by atoms with Crippen molar-refractivity contribution in [2.75, 3.05) is 4.90 Å². The van der Waals surface area contributed by atoms with Crippen molar-refractivity contribution in [3.8, 4) is 34.4 Å². The number of para-hydroxylation sites is 7. The van der Waals surface area contributed by atoms with Gasteiger partial charge in [-0.15, -0.1) is 0 Å². The van der Waals surface area contributed by atoms with E-state index in [-0.39, 0.29) is 16.0 Å². The van der Waals surface area contributed by atoms with E-state index in [0.717, 1.165) is 16.7 Å². The maximum Gasteiger partial charge on any atom is 0.238 e. The van der Waals surface area contributed by atoms with Crippen molar-refractivity contribution in [3.05, 3.63) is 302 Å². The first-order chi connectivity index (χ1) is 56.1. The zero-order chi connectivity index (χ0) is 86.2. The largest absolute Gasteiger partial charge is 0.456 e. The SMILES string of the molecule is [2H]c1cc(N(c2cc([2H])c([2H])c([2H])c2[2H])c2c([2H])c([2H])c([2H])c([2H])c2-c2nc(-c3c([2H])c([2H])c([2H])c([Si](c4ccccc4)(c4ccc5oc6ccccc6c5c4)c4c([2H])c([2H])c([2H])c([2H])c4[2H])c3[2H])nc(-n3c4c([2H])c([2H])c([2H])c([2H])c4c4c([2H])c(-n5c6c([2H])c([2H])c([2H])c([2H])c6c6c([2H])c([2H])c([2H])c([2H])c65)c([2H])c([2H])c43)n2)c([2H])c([2H])c1[2H]. The molecule has 4 heterocycles. The molecule has 4 aromatic heterocycles. The van der Waals surface area contributed by atoms with Gasteiger partial charge in [-0.05, 0) is 105 Å². The molecule has 1 atom stereocenters. The van der Waals surface area contributed by atoms with E-state index in [1.54, 1.807) is 36.4 Å². The van der Waals surface area contributed by atoms with Crippen LogP contribution in [0.15, 0.2) is 307 Å². The number of hydrogen-bond acceptors (Lipinski definition) is 5. The van der Waals surface area contributed by atoms with Crippen molar-refractivity contribution in [1.82, 2.24) is 24.1 Å². The number of nitrogens with zero attached hydrogens (tertiary/aromatic N) is 6. The van der Waals surface area contributed by atoms with E-state index >= 15 is 0 Å². The van der Waals surface area contributed by atoms with Crippen LogP contribution < -0.4 is 25.6 Å². The van der Waals surface area contributed by atoms with E-state index in [4.69, 9.17) is 34.4 Å². The van der Waals surface area contributed by atoms with Gasteiger partial charge < -0.3 is 13.9 Å². The lowest BCUT2D eigenvalue weighted by Crippen LogP contribution is -2.74. The van der Waals surface area contributed by atoms with Crippen LogP contribution in [0.5, 0.6) is 0 Å². The van der Waals surface area contributed by atoms with Gasteiger partial charge in [0.25, 0.3) is 0 Å². The number of hydrogen-bond donors (Lipinski definition) is 0. The Balaban J connectivity index is 1.14. The summed E-state index contributed by atoms with van der Waals surface area (Å²) in [5.41, 5.74) is -8.03. The Hall–Kier alpha value is -10.9. The lowest BCUT2D eigenvalue weighted by atomic mass is 10.1. The summed E-state index contributed by atoms with van der Waals surface area (Å²) >= 11 is 0. The molecule has 0 saturated carbocycles. The van der Waals surface area contributed by atoms with Crippen LogP contribution in [0.1, 0.15) is 49.3 Å². The Labute approximate surface area is 530 Å². The second kappa shape index (κ2) is 19.7. The van der Waals surface area contributed by atoms with Gasteiger partial charge >= 0.3 is 0 Å². The van der Waals surface area contributed by atoms with Crippen LogP contribution >= 0.6 is 0 Å². The van der Waals surface area contributed by atoms with Crippen molar-refractivity contribution in [3.63, 3.8) is 0 Å². The topological polar surface area (TPSA) is 64.9 Å². The van der Waals surface area contributed by atoms with Crippen molar-refractivity contribution in [1.29, 1.82) is 0 Å². The minimum Gasteiger partial charge on any atom is -0.456 e. The van der Waals surface area contributed by atoms with E-state index in [1.165, 1.54) is 36.4 Å². The van der Waals surface area contributed by atoms with Crippen LogP contribution in [0.3, 0.4) is 0 Å². The molecule has 0 saturated heterocycles. The summed E-state index contributed by atoms with van der Waals surface area (Å²) in [5, 5.41) is -2.86. The second-order valence-corrected chi connectivity index (χ2v) is 22.1. The number of benzene rings is 12. The third-order valence-electron chi connectivity index (χ3n) is 14.0. The maximum absolute atomic E-state index is 11.0. The van der Waals surface area contributed by atoms with Gasteiger partial charge in [0, 0.05) is 60.5 Å². The monoisotopic (exact) mass is 1110 g/mol. The predicted molar refractivity (Wildman–Crippen MR) is 345 cm³/mol. The first-order valence-electron chi connectivity index (χ1n) is 43.1. The number of anilines is 3. The van der Waals surface area contributed by atoms with Crippen LogP contribution in [0.25, 0.3) is 100.0 Å². The van der Waals surface area contributed by atoms with E-state index in [1.807, 2.05) is 0 Å². The summed E-state index contributed by atoms with van der Waals surface area (Å²) in [5.74, 6) is -3.44. The Bertz CT molecular complexity index is 7190. The maximum atomic E-state index is 11.0. The third-order valence-corrected chi connectivity index (χ3v) is 18.4. The zero-order valence-corrected chi connectivity index (χ0v) is 43.2. The summed E-state index contributed by atoms with van der Waals surface area (Å²) in [4.78, 5) is 15.1. The molecule has 0 bridgehead atoms. The molecule has 1 unspecified atom stereocenters. The number of rotatable bonds is 11. The summed E-state index contributed by atoms with van der Waals surface area (Å²) in [7, 11) is -5.34. The van der Waals surface area contributed by atoms with Crippen molar-refractivity contribution in [2.45, 2.75) is 0 Å². The fourth-order valence-corrected chi connectivity index (χ4v) is 14.7.